The highest BCUT2D eigenvalue weighted by molar-refractivity contribution is 5.72. The zero-order valence-electron chi connectivity index (χ0n) is 18.2. The maximum atomic E-state index is 12.4. The third-order valence-electron chi connectivity index (χ3n) is 5.18. The molecule has 0 aromatic heterocycles. The second kappa shape index (κ2) is 11.4. The largest absolute Gasteiger partial charge is 0.461 e. The van der Waals surface area contributed by atoms with E-state index in [1.807, 2.05) is 51.4 Å². The first-order chi connectivity index (χ1) is 12.6. The summed E-state index contributed by atoms with van der Waals surface area (Å²) in [4.78, 5) is 12.4. The molecule has 1 aromatic rings. The fourth-order valence-corrected chi connectivity index (χ4v) is 3.22. The summed E-state index contributed by atoms with van der Waals surface area (Å²) in [7, 11) is 3.98. The molecule has 0 fully saturated rings. The predicted molar refractivity (Wildman–Crippen MR) is 112 cm³/mol. The molecule has 27 heavy (non-hydrogen) atoms. The van der Waals surface area contributed by atoms with Crippen LogP contribution in [0.15, 0.2) is 30.3 Å². The van der Waals surface area contributed by atoms with Crippen molar-refractivity contribution in [2.45, 2.75) is 53.2 Å². The van der Waals surface area contributed by atoms with Gasteiger partial charge in [0.05, 0.1) is 5.92 Å². The van der Waals surface area contributed by atoms with Gasteiger partial charge >= 0.3 is 5.97 Å². The summed E-state index contributed by atoms with van der Waals surface area (Å²) in [6.07, 6.45) is 0.920. The Morgan fingerprint density at radius 1 is 1.19 bits per heavy atom. The van der Waals surface area contributed by atoms with Crippen LogP contribution in [0.2, 0.25) is 0 Å². The molecule has 0 saturated heterocycles. The minimum Gasteiger partial charge on any atom is -0.461 e. The lowest BCUT2D eigenvalue weighted by atomic mass is 9.84. The summed E-state index contributed by atoms with van der Waals surface area (Å²) < 4.78 is 5.51. The van der Waals surface area contributed by atoms with Gasteiger partial charge in [-0.05, 0) is 51.3 Å². The summed E-state index contributed by atoms with van der Waals surface area (Å²) in [5.41, 5.74) is 4.12. The van der Waals surface area contributed by atoms with E-state index in [1.165, 1.54) is 0 Å². The van der Waals surface area contributed by atoms with Crippen molar-refractivity contribution >= 4 is 5.97 Å². The quantitative estimate of drug-likeness (QED) is 0.432. The van der Waals surface area contributed by atoms with E-state index in [-0.39, 0.29) is 23.3 Å². The molecule has 0 aliphatic heterocycles. The van der Waals surface area contributed by atoms with Crippen molar-refractivity contribution in [3.8, 4) is 0 Å². The number of benzene rings is 1. The molecule has 5 nitrogen and oxygen atoms in total. The molecule has 0 heterocycles. The third-order valence-corrected chi connectivity index (χ3v) is 5.18. The number of hydrogen-bond acceptors (Lipinski definition) is 5. The van der Waals surface area contributed by atoms with E-state index in [4.69, 9.17) is 4.74 Å². The van der Waals surface area contributed by atoms with Gasteiger partial charge in [0, 0.05) is 19.1 Å². The molecule has 5 heteroatoms. The second-order valence-electron chi connectivity index (χ2n) is 8.54. The molecule has 0 radical (unpaired) electrons. The molecule has 3 unspecified atom stereocenters. The van der Waals surface area contributed by atoms with Crippen LogP contribution in [0.1, 0.15) is 46.6 Å². The Morgan fingerprint density at radius 2 is 1.81 bits per heavy atom. The molecule has 2 N–H and O–H groups in total. The highest BCUT2D eigenvalue weighted by Crippen LogP contribution is 2.24. The van der Waals surface area contributed by atoms with E-state index in [1.54, 1.807) is 0 Å². The molecule has 0 aliphatic carbocycles. The van der Waals surface area contributed by atoms with Crippen LogP contribution in [-0.4, -0.2) is 43.7 Å². The normalized spacial score (nSPS) is 15.4. The molecular formula is C22H39N3O2. The monoisotopic (exact) mass is 377 g/mol. The summed E-state index contributed by atoms with van der Waals surface area (Å²) in [6, 6.07) is 9.82. The predicted octanol–water partition coefficient (Wildman–Crippen LogP) is 3.46. The third kappa shape index (κ3) is 9.36. The van der Waals surface area contributed by atoms with Gasteiger partial charge in [-0.15, -0.1) is 0 Å². The lowest BCUT2D eigenvalue weighted by Crippen LogP contribution is -2.46. The van der Waals surface area contributed by atoms with Crippen LogP contribution >= 0.6 is 0 Å². The first kappa shape index (κ1) is 23.6. The fraction of sp³-hybridized carbons (Fsp3) is 0.682. The minimum absolute atomic E-state index is 0.0279. The molecule has 0 aliphatic rings. The van der Waals surface area contributed by atoms with E-state index < -0.39 is 0 Å². The van der Waals surface area contributed by atoms with Crippen molar-refractivity contribution in [3.05, 3.63) is 35.9 Å². The molecule has 154 valence electrons. The number of hydrazine groups is 1. The topological polar surface area (TPSA) is 53.6 Å². The molecule has 0 spiro atoms. The Labute approximate surface area is 165 Å². The van der Waals surface area contributed by atoms with E-state index in [0.29, 0.717) is 12.5 Å². The van der Waals surface area contributed by atoms with Gasteiger partial charge in [-0.1, -0.05) is 51.1 Å². The number of esters is 1. The first-order valence-corrected chi connectivity index (χ1v) is 9.98. The van der Waals surface area contributed by atoms with Crippen LogP contribution in [-0.2, 0) is 16.1 Å². The summed E-state index contributed by atoms with van der Waals surface area (Å²) in [5.74, 6) is 0.533. The zero-order chi connectivity index (χ0) is 20.4. The summed E-state index contributed by atoms with van der Waals surface area (Å²) >= 11 is 0. The number of carbonyl (C=O) groups excluding carboxylic acids is 1. The van der Waals surface area contributed by atoms with E-state index in [0.717, 1.165) is 25.1 Å². The van der Waals surface area contributed by atoms with Crippen LogP contribution in [0.3, 0.4) is 0 Å². The van der Waals surface area contributed by atoms with Gasteiger partial charge in [0.1, 0.15) is 6.61 Å². The van der Waals surface area contributed by atoms with Crippen molar-refractivity contribution in [2.24, 2.45) is 17.8 Å². The van der Waals surface area contributed by atoms with Gasteiger partial charge in [0.15, 0.2) is 0 Å². The van der Waals surface area contributed by atoms with Crippen molar-refractivity contribution in [2.75, 3.05) is 27.2 Å². The highest BCUT2D eigenvalue weighted by Gasteiger charge is 2.28. The molecule has 3 atom stereocenters. The second-order valence-corrected chi connectivity index (χ2v) is 8.54. The van der Waals surface area contributed by atoms with Crippen LogP contribution in [0, 0.1) is 17.8 Å². The lowest BCUT2D eigenvalue weighted by Gasteiger charge is -2.33. The van der Waals surface area contributed by atoms with Crippen LogP contribution in [0.5, 0.6) is 0 Å². The SMILES string of the molecule is CNN(C)CC(C)CNC(C)(C)CC(C)C(C)C(=O)OCc1ccccc1. The minimum atomic E-state index is -0.123. The Bertz CT molecular complexity index is 548. The Morgan fingerprint density at radius 3 is 2.41 bits per heavy atom. The Hall–Kier alpha value is -1.43. The van der Waals surface area contributed by atoms with Crippen LogP contribution < -0.4 is 10.7 Å². The number of nitrogens with one attached hydrogen (secondary N) is 2. The number of hydrogen-bond donors (Lipinski definition) is 2. The highest BCUT2D eigenvalue weighted by atomic mass is 16.5. The average molecular weight is 378 g/mol. The smallest absolute Gasteiger partial charge is 0.309 e. The van der Waals surface area contributed by atoms with Crippen LogP contribution in [0.25, 0.3) is 0 Å². The molecule has 0 saturated carbocycles. The van der Waals surface area contributed by atoms with Crippen molar-refractivity contribution in [3.63, 3.8) is 0 Å². The molecule has 0 bridgehead atoms. The fourth-order valence-electron chi connectivity index (χ4n) is 3.22. The van der Waals surface area contributed by atoms with Gasteiger partial charge in [0.2, 0.25) is 0 Å². The maximum Gasteiger partial charge on any atom is 0.309 e. The molecular weight excluding hydrogens is 338 g/mol. The first-order valence-electron chi connectivity index (χ1n) is 9.98. The van der Waals surface area contributed by atoms with Gasteiger partial charge in [0.25, 0.3) is 0 Å². The average Bonchev–Trinajstić information content (AvgIpc) is 2.64. The maximum absolute atomic E-state index is 12.4. The number of ether oxygens (including phenoxy) is 1. The number of carbonyl (C=O) groups is 1. The van der Waals surface area contributed by atoms with Crippen molar-refractivity contribution in [1.82, 2.24) is 15.8 Å². The van der Waals surface area contributed by atoms with Crippen molar-refractivity contribution in [1.29, 1.82) is 0 Å². The summed E-state index contributed by atoms with van der Waals surface area (Å²) in [5, 5.41) is 5.75. The number of rotatable bonds is 12. The Kier molecular flexibility index (Phi) is 9.99. The van der Waals surface area contributed by atoms with E-state index in [2.05, 4.69) is 43.4 Å². The Balaban J connectivity index is 2.42. The van der Waals surface area contributed by atoms with Crippen LogP contribution in [0.4, 0.5) is 0 Å². The van der Waals surface area contributed by atoms with E-state index >= 15 is 0 Å². The molecule has 1 aromatic carbocycles. The molecule has 0 amide bonds. The van der Waals surface area contributed by atoms with E-state index in [9.17, 15) is 4.79 Å². The molecule has 1 rings (SSSR count). The standard InChI is InChI=1S/C22H39N3O2/c1-17(15-25(7)23-6)14-24-22(4,5)13-18(2)19(3)21(26)27-16-20-11-9-8-10-12-20/h8-12,17-19,23-24H,13-16H2,1-7H3. The zero-order valence-corrected chi connectivity index (χ0v) is 18.2. The van der Waals surface area contributed by atoms with Gasteiger partial charge in [-0.25, -0.2) is 5.01 Å². The van der Waals surface area contributed by atoms with Crippen molar-refractivity contribution < 1.29 is 9.53 Å². The number of nitrogens with zero attached hydrogens (tertiary/aromatic N) is 1. The van der Waals surface area contributed by atoms with Gasteiger partial charge in [-0.2, -0.15) is 0 Å². The van der Waals surface area contributed by atoms with Gasteiger partial charge < -0.3 is 10.1 Å². The van der Waals surface area contributed by atoms with Gasteiger partial charge in [-0.3, -0.25) is 10.2 Å². The summed E-state index contributed by atoms with van der Waals surface area (Å²) in [6.45, 7) is 13.0. The lowest BCUT2D eigenvalue weighted by molar-refractivity contribution is -0.151.